The van der Waals surface area contributed by atoms with E-state index in [4.69, 9.17) is 0 Å². The van der Waals surface area contributed by atoms with Gasteiger partial charge in [0.2, 0.25) is 0 Å². The van der Waals surface area contributed by atoms with Crippen LogP contribution in [0.1, 0.15) is 26.7 Å². The van der Waals surface area contributed by atoms with Crippen molar-refractivity contribution in [3.63, 3.8) is 0 Å². The molecule has 0 spiro atoms. The zero-order valence-electron chi connectivity index (χ0n) is 8.51. The fourth-order valence-electron chi connectivity index (χ4n) is 1.24. The minimum atomic E-state index is 0.807. The summed E-state index contributed by atoms with van der Waals surface area (Å²) in [7, 11) is 0. The lowest BCUT2D eigenvalue weighted by molar-refractivity contribution is 0.567. The molecular formula is C12H18N. The first-order chi connectivity index (χ1) is 6.29. The van der Waals surface area contributed by atoms with E-state index in [1.165, 1.54) is 12.8 Å². The van der Waals surface area contributed by atoms with Crippen molar-refractivity contribution in [2.45, 2.75) is 26.7 Å². The summed E-state index contributed by atoms with van der Waals surface area (Å²) in [6, 6.07) is 11.1. The average Bonchev–Trinajstić information content (AvgIpc) is 2.14. The van der Waals surface area contributed by atoms with Crippen molar-refractivity contribution in [2.75, 3.05) is 11.9 Å². The largest absolute Gasteiger partial charge is 0.385 e. The molecule has 0 aliphatic carbocycles. The molecule has 0 fully saturated rings. The normalized spacial score (nSPS) is 10.4. The number of para-hydroxylation sites is 1. The van der Waals surface area contributed by atoms with Crippen LogP contribution in [-0.2, 0) is 0 Å². The third-order valence-electron chi connectivity index (χ3n) is 1.98. The lowest BCUT2D eigenvalue weighted by Crippen LogP contribution is -2.02. The van der Waals surface area contributed by atoms with E-state index >= 15 is 0 Å². The molecule has 1 rings (SSSR count). The van der Waals surface area contributed by atoms with E-state index in [9.17, 15) is 0 Å². The SMILES string of the molecule is CC(C)CCCNc1[c]cccc1. The Kier molecular flexibility index (Phi) is 4.37. The molecule has 71 valence electrons. The van der Waals surface area contributed by atoms with Gasteiger partial charge in [0.05, 0.1) is 0 Å². The second-order valence-electron chi connectivity index (χ2n) is 3.74. The van der Waals surface area contributed by atoms with Crippen LogP contribution in [0.2, 0.25) is 0 Å². The molecule has 0 aliphatic rings. The molecule has 0 atom stereocenters. The summed E-state index contributed by atoms with van der Waals surface area (Å²) in [6.45, 7) is 5.57. The van der Waals surface area contributed by atoms with Gasteiger partial charge < -0.3 is 5.32 Å². The van der Waals surface area contributed by atoms with Gasteiger partial charge in [0.15, 0.2) is 0 Å². The van der Waals surface area contributed by atoms with Crippen molar-refractivity contribution >= 4 is 5.69 Å². The quantitative estimate of drug-likeness (QED) is 0.678. The van der Waals surface area contributed by atoms with Gasteiger partial charge in [-0.2, -0.15) is 0 Å². The van der Waals surface area contributed by atoms with E-state index in [0.717, 1.165) is 18.2 Å². The smallest absolute Gasteiger partial charge is 0.0420 e. The third-order valence-corrected chi connectivity index (χ3v) is 1.98. The highest BCUT2D eigenvalue weighted by Crippen LogP contribution is 2.06. The fourth-order valence-corrected chi connectivity index (χ4v) is 1.24. The number of benzene rings is 1. The predicted octanol–water partition coefficient (Wildman–Crippen LogP) is 3.33. The maximum absolute atomic E-state index is 3.34. The maximum Gasteiger partial charge on any atom is 0.0420 e. The van der Waals surface area contributed by atoms with Crippen molar-refractivity contribution in [2.24, 2.45) is 5.92 Å². The second-order valence-corrected chi connectivity index (χ2v) is 3.74. The molecule has 0 saturated carbocycles. The van der Waals surface area contributed by atoms with E-state index in [2.05, 4.69) is 31.3 Å². The van der Waals surface area contributed by atoms with Gasteiger partial charge in [0.25, 0.3) is 0 Å². The highest BCUT2D eigenvalue weighted by Gasteiger charge is 1.93. The van der Waals surface area contributed by atoms with Gasteiger partial charge in [-0.3, -0.25) is 0 Å². The van der Waals surface area contributed by atoms with Crippen molar-refractivity contribution < 1.29 is 0 Å². The Morgan fingerprint density at radius 2 is 2.23 bits per heavy atom. The predicted molar refractivity (Wildman–Crippen MR) is 57.8 cm³/mol. The molecular weight excluding hydrogens is 158 g/mol. The van der Waals surface area contributed by atoms with Gasteiger partial charge in [-0.15, -0.1) is 0 Å². The van der Waals surface area contributed by atoms with Crippen LogP contribution in [0, 0.1) is 12.0 Å². The van der Waals surface area contributed by atoms with Gasteiger partial charge >= 0.3 is 0 Å². The summed E-state index contributed by atoms with van der Waals surface area (Å²) < 4.78 is 0. The summed E-state index contributed by atoms with van der Waals surface area (Å²) in [6.07, 6.45) is 2.53. The zero-order chi connectivity index (χ0) is 9.52. The molecule has 13 heavy (non-hydrogen) atoms. The van der Waals surface area contributed by atoms with Crippen LogP contribution in [0.4, 0.5) is 5.69 Å². The van der Waals surface area contributed by atoms with Crippen molar-refractivity contribution in [3.05, 3.63) is 30.3 Å². The van der Waals surface area contributed by atoms with E-state index < -0.39 is 0 Å². The summed E-state index contributed by atoms with van der Waals surface area (Å²) in [5.41, 5.74) is 1.10. The molecule has 0 unspecified atom stereocenters. The van der Waals surface area contributed by atoms with Gasteiger partial charge in [-0.1, -0.05) is 32.0 Å². The van der Waals surface area contributed by atoms with E-state index in [0.29, 0.717) is 0 Å². The minimum absolute atomic E-state index is 0.807. The number of hydrogen-bond acceptors (Lipinski definition) is 1. The molecule has 0 heterocycles. The Bertz CT molecular complexity index is 216. The first kappa shape index (κ1) is 10.1. The Hall–Kier alpha value is -0.980. The van der Waals surface area contributed by atoms with E-state index in [-0.39, 0.29) is 0 Å². The summed E-state index contributed by atoms with van der Waals surface area (Å²) in [5, 5.41) is 3.34. The average molecular weight is 176 g/mol. The van der Waals surface area contributed by atoms with Crippen LogP contribution in [0.5, 0.6) is 0 Å². The van der Waals surface area contributed by atoms with Crippen LogP contribution in [0.3, 0.4) is 0 Å². The molecule has 1 aromatic carbocycles. The topological polar surface area (TPSA) is 12.0 Å². The van der Waals surface area contributed by atoms with Crippen molar-refractivity contribution in [1.82, 2.24) is 0 Å². The van der Waals surface area contributed by atoms with E-state index in [1.54, 1.807) is 0 Å². The Morgan fingerprint density at radius 1 is 1.38 bits per heavy atom. The molecule has 0 bridgehead atoms. The van der Waals surface area contributed by atoms with E-state index in [1.807, 2.05) is 18.2 Å². The third kappa shape index (κ3) is 4.56. The minimum Gasteiger partial charge on any atom is -0.385 e. The first-order valence-corrected chi connectivity index (χ1v) is 4.99. The summed E-state index contributed by atoms with van der Waals surface area (Å²) in [5.74, 6) is 0.807. The van der Waals surface area contributed by atoms with Crippen LogP contribution >= 0.6 is 0 Å². The molecule has 1 aromatic rings. The molecule has 0 aromatic heterocycles. The fraction of sp³-hybridized carbons (Fsp3) is 0.500. The lowest BCUT2D eigenvalue weighted by Gasteiger charge is -2.06. The Balaban J connectivity index is 2.13. The summed E-state index contributed by atoms with van der Waals surface area (Å²) in [4.78, 5) is 0. The van der Waals surface area contributed by atoms with Crippen molar-refractivity contribution in [3.8, 4) is 0 Å². The highest BCUT2D eigenvalue weighted by atomic mass is 14.9. The molecule has 1 N–H and O–H groups in total. The van der Waals surface area contributed by atoms with Gasteiger partial charge in [0.1, 0.15) is 0 Å². The van der Waals surface area contributed by atoms with Gasteiger partial charge in [0, 0.05) is 18.3 Å². The lowest BCUT2D eigenvalue weighted by atomic mass is 10.1. The number of nitrogens with one attached hydrogen (secondary N) is 1. The molecule has 0 amide bonds. The first-order valence-electron chi connectivity index (χ1n) is 4.99. The van der Waals surface area contributed by atoms with Gasteiger partial charge in [-0.25, -0.2) is 0 Å². The number of hydrogen-bond donors (Lipinski definition) is 1. The van der Waals surface area contributed by atoms with Gasteiger partial charge in [-0.05, 0) is 24.8 Å². The van der Waals surface area contributed by atoms with Crippen molar-refractivity contribution in [1.29, 1.82) is 0 Å². The maximum atomic E-state index is 3.34. The molecule has 1 nitrogen and oxygen atoms in total. The van der Waals surface area contributed by atoms with Crippen LogP contribution in [0.25, 0.3) is 0 Å². The summed E-state index contributed by atoms with van der Waals surface area (Å²) >= 11 is 0. The molecule has 1 heteroatoms. The zero-order valence-corrected chi connectivity index (χ0v) is 8.51. The van der Waals surface area contributed by atoms with Crippen LogP contribution in [0.15, 0.2) is 24.3 Å². The highest BCUT2D eigenvalue weighted by molar-refractivity contribution is 5.40. The number of rotatable bonds is 5. The second kappa shape index (κ2) is 5.63. The molecule has 0 aliphatic heterocycles. The monoisotopic (exact) mass is 176 g/mol. The number of anilines is 1. The molecule has 0 saturated heterocycles. The van der Waals surface area contributed by atoms with Crippen LogP contribution in [-0.4, -0.2) is 6.54 Å². The van der Waals surface area contributed by atoms with Crippen LogP contribution < -0.4 is 5.32 Å². The standard InChI is InChI=1S/C12H18N/c1-11(2)7-6-10-13-12-8-4-3-5-9-12/h3-5,8,11,13H,6-7,10H2,1-2H3. The Labute approximate surface area is 81.2 Å². The Morgan fingerprint density at radius 3 is 2.85 bits per heavy atom. The molecule has 1 radical (unpaired) electrons.